The molecule has 4 heteroatoms. The number of hydrogen-bond donors (Lipinski definition) is 0. The van der Waals surface area contributed by atoms with Crippen LogP contribution in [-0.2, 0) is 5.41 Å². The normalized spacial score (nSPS) is 13.3. The minimum atomic E-state index is -0.0473. The molecule has 182 valence electrons. The molecule has 0 N–H and O–H groups in total. The Hall–Kier alpha value is -4.34. The van der Waals surface area contributed by atoms with E-state index in [1.165, 1.54) is 27.6 Å². The average Bonchev–Trinajstić information content (AvgIpc) is 3.19. The van der Waals surface area contributed by atoms with Crippen LogP contribution < -0.4 is 0 Å². The van der Waals surface area contributed by atoms with Crippen molar-refractivity contribution in [1.82, 2.24) is 15.0 Å². The van der Waals surface area contributed by atoms with Crippen molar-refractivity contribution in [3.05, 3.63) is 125 Å². The van der Waals surface area contributed by atoms with Gasteiger partial charge in [-0.25, -0.2) is 15.0 Å². The lowest BCUT2D eigenvalue weighted by Crippen LogP contribution is -2.14. The van der Waals surface area contributed by atoms with Gasteiger partial charge in [-0.3, -0.25) is 0 Å². The smallest absolute Gasteiger partial charge is 0.164 e. The molecule has 1 heterocycles. The van der Waals surface area contributed by atoms with Gasteiger partial charge in [0, 0.05) is 27.1 Å². The largest absolute Gasteiger partial charge is 0.208 e. The van der Waals surface area contributed by atoms with E-state index in [1.54, 1.807) is 0 Å². The molecule has 1 aliphatic carbocycles. The molecule has 0 amide bonds. The van der Waals surface area contributed by atoms with Crippen LogP contribution >= 0.6 is 11.6 Å². The maximum absolute atomic E-state index is 6.17. The molecule has 0 spiro atoms. The fourth-order valence-corrected chi connectivity index (χ4v) is 5.68. The molecule has 7 rings (SSSR count). The van der Waals surface area contributed by atoms with E-state index in [4.69, 9.17) is 26.6 Å². The Morgan fingerprint density at radius 2 is 1.05 bits per heavy atom. The van der Waals surface area contributed by atoms with Gasteiger partial charge in [-0.05, 0) is 69.4 Å². The van der Waals surface area contributed by atoms with Crippen LogP contribution in [0.1, 0.15) is 25.0 Å². The van der Waals surface area contributed by atoms with E-state index in [-0.39, 0.29) is 5.41 Å². The number of fused-ring (bicyclic) bond motifs is 4. The molecule has 0 unspecified atom stereocenters. The number of halogens is 1. The first-order valence-electron chi connectivity index (χ1n) is 12.7. The minimum absolute atomic E-state index is 0.0473. The first-order valence-corrected chi connectivity index (χ1v) is 13.1. The summed E-state index contributed by atoms with van der Waals surface area (Å²) in [6, 6.07) is 37.6. The van der Waals surface area contributed by atoms with E-state index in [1.807, 2.05) is 30.3 Å². The fraction of sp³-hybridized carbons (Fsp3) is 0.0882. The quantitative estimate of drug-likeness (QED) is 0.239. The SMILES string of the molecule is CC1(C)c2ccccc2-c2cc(-c3nc(-c4ccc(Cl)cc4)nc(-c4ccc5ccccc5c4)n3)ccc21. The first-order chi connectivity index (χ1) is 18.5. The summed E-state index contributed by atoms with van der Waals surface area (Å²) in [4.78, 5) is 14.8. The van der Waals surface area contributed by atoms with Crippen LogP contribution in [0.3, 0.4) is 0 Å². The van der Waals surface area contributed by atoms with Gasteiger partial charge in [0.2, 0.25) is 0 Å². The van der Waals surface area contributed by atoms with E-state index in [9.17, 15) is 0 Å². The maximum atomic E-state index is 6.17. The zero-order chi connectivity index (χ0) is 25.9. The number of aromatic nitrogens is 3. The molecule has 0 radical (unpaired) electrons. The molecule has 0 atom stereocenters. The van der Waals surface area contributed by atoms with E-state index in [2.05, 4.69) is 92.7 Å². The van der Waals surface area contributed by atoms with Crippen LogP contribution in [0, 0.1) is 0 Å². The van der Waals surface area contributed by atoms with E-state index >= 15 is 0 Å². The fourth-order valence-electron chi connectivity index (χ4n) is 5.55. The van der Waals surface area contributed by atoms with Crippen molar-refractivity contribution in [3.8, 4) is 45.3 Å². The molecule has 0 saturated heterocycles. The average molecular weight is 510 g/mol. The second-order valence-corrected chi connectivity index (χ2v) is 10.7. The number of rotatable bonds is 3. The molecule has 3 nitrogen and oxygen atoms in total. The standard InChI is InChI=1S/C34H24ClN3/c1-34(2)29-10-6-5-9-27(29)28-20-25(15-18-30(28)34)33-37-31(22-13-16-26(35)17-14-22)36-32(38-33)24-12-11-21-7-3-4-8-23(21)19-24/h3-20H,1-2H3. The van der Waals surface area contributed by atoms with Crippen LogP contribution in [0.15, 0.2) is 109 Å². The van der Waals surface area contributed by atoms with Crippen molar-refractivity contribution >= 4 is 22.4 Å². The van der Waals surface area contributed by atoms with Gasteiger partial charge in [0.15, 0.2) is 17.5 Å². The molecule has 6 aromatic rings. The maximum Gasteiger partial charge on any atom is 0.164 e. The molecule has 0 bridgehead atoms. The summed E-state index contributed by atoms with van der Waals surface area (Å²) >= 11 is 6.17. The summed E-state index contributed by atoms with van der Waals surface area (Å²) in [5.41, 5.74) is 7.96. The van der Waals surface area contributed by atoms with Crippen molar-refractivity contribution in [3.63, 3.8) is 0 Å². The second kappa shape index (κ2) is 8.61. The van der Waals surface area contributed by atoms with Gasteiger partial charge in [-0.2, -0.15) is 0 Å². The summed E-state index contributed by atoms with van der Waals surface area (Å²) in [5.74, 6) is 1.92. The lowest BCUT2D eigenvalue weighted by molar-refractivity contribution is 0.660. The van der Waals surface area contributed by atoms with Crippen LogP contribution in [0.5, 0.6) is 0 Å². The third kappa shape index (κ3) is 3.70. The molecule has 0 saturated carbocycles. The summed E-state index contributed by atoms with van der Waals surface area (Å²) in [6.07, 6.45) is 0. The van der Waals surface area contributed by atoms with Crippen molar-refractivity contribution in [2.75, 3.05) is 0 Å². The molecular weight excluding hydrogens is 486 g/mol. The van der Waals surface area contributed by atoms with E-state index in [0.717, 1.165) is 22.1 Å². The van der Waals surface area contributed by atoms with Crippen molar-refractivity contribution < 1.29 is 0 Å². The second-order valence-electron chi connectivity index (χ2n) is 10.3. The molecule has 38 heavy (non-hydrogen) atoms. The lowest BCUT2D eigenvalue weighted by Gasteiger charge is -2.21. The molecule has 1 aliphatic rings. The summed E-state index contributed by atoms with van der Waals surface area (Å²) in [7, 11) is 0. The van der Waals surface area contributed by atoms with Gasteiger partial charge in [0.1, 0.15) is 0 Å². The van der Waals surface area contributed by atoms with Crippen molar-refractivity contribution in [2.24, 2.45) is 0 Å². The van der Waals surface area contributed by atoms with E-state index in [0.29, 0.717) is 22.5 Å². The Balaban J connectivity index is 1.43. The van der Waals surface area contributed by atoms with Crippen molar-refractivity contribution in [2.45, 2.75) is 19.3 Å². The Morgan fingerprint density at radius 1 is 0.500 bits per heavy atom. The van der Waals surface area contributed by atoms with Crippen molar-refractivity contribution in [1.29, 1.82) is 0 Å². The zero-order valence-corrected chi connectivity index (χ0v) is 21.9. The Bertz CT molecular complexity index is 1860. The van der Waals surface area contributed by atoms with Gasteiger partial charge >= 0.3 is 0 Å². The monoisotopic (exact) mass is 509 g/mol. The molecular formula is C34H24ClN3. The summed E-state index contributed by atoms with van der Waals surface area (Å²) < 4.78 is 0. The Kier molecular flexibility index (Phi) is 5.17. The Morgan fingerprint density at radius 3 is 1.82 bits per heavy atom. The lowest BCUT2D eigenvalue weighted by atomic mass is 9.82. The van der Waals surface area contributed by atoms with Gasteiger partial charge in [0.25, 0.3) is 0 Å². The highest BCUT2D eigenvalue weighted by atomic mass is 35.5. The van der Waals surface area contributed by atoms with Gasteiger partial charge in [-0.15, -0.1) is 0 Å². The summed E-state index contributed by atoms with van der Waals surface area (Å²) in [6.45, 7) is 4.58. The van der Waals surface area contributed by atoms with Crippen LogP contribution in [0.25, 0.3) is 56.1 Å². The van der Waals surface area contributed by atoms with Crippen LogP contribution in [0.2, 0.25) is 5.02 Å². The van der Waals surface area contributed by atoms with Gasteiger partial charge < -0.3 is 0 Å². The topological polar surface area (TPSA) is 38.7 Å². The molecule has 0 fully saturated rings. The highest BCUT2D eigenvalue weighted by Crippen LogP contribution is 2.49. The molecule has 5 aromatic carbocycles. The minimum Gasteiger partial charge on any atom is -0.208 e. The number of benzene rings is 5. The Labute approximate surface area is 226 Å². The highest BCUT2D eigenvalue weighted by Gasteiger charge is 2.35. The molecule has 0 aliphatic heterocycles. The van der Waals surface area contributed by atoms with Crippen LogP contribution in [-0.4, -0.2) is 15.0 Å². The third-order valence-electron chi connectivity index (χ3n) is 7.59. The third-order valence-corrected chi connectivity index (χ3v) is 7.84. The number of hydrogen-bond acceptors (Lipinski definition) is 3. The van der Waals surface area contributed by atoms with E-state index < -0.39 is 0 Å². The van der Waals surface area contributed by atoms with Crippen LogP contribution in [0.4, 0.5) is 0 Å². The first kappa shape index (κ1) is 22.8. The summed E-state index contributed by atoms with van der Waals surface area (Å²) in [5, 5.41) is 3.01. The highest BCUT2D eigenvalue weighted by molar-refractivity contribution is 6.30. The predicted octanol–water partition coefficient (Wildman–Crippen LogP) is 8.99. The molecule has 1 aromatic heterocycles. The zero-order valence-electron chi connectivity index (χ0n) is 21.1. The predicted molar refractivity (Wildman–Crippen MR) is 156 cm³/mol. The van der Waals surface area contributed by atoms with Gasteiger partial charge in [-0.1, -0.05) is 98.2 Å². The van der Waals surface area contributed by atoms with Gasteiger partial charge in [0.05, 0.1) is 0 Å². The number of nitrogens with zero attached hydrogens (tertiary/aromatic N) is 3.